The van der Waals surface area contributed by atoms with E-state index in [4.69, 9.17) is 14.2 Å². The van der Waals surface area contributed by atoms with Crippen molar-refractivity contribution in [2.24, 2.45) is 0 Å². The molecule has 0 heterocycles. The third-order valence-corrected chi connectivity index (χ3v) is 9.53. The van der Waals surface area contributed by atoms with Crippen molar-refractivity contribution in [3.05, 3.63) is 24.3 Å². The van der Waals surface area contributed by atoms with Gasteiger partial charge in [0.2, 0.25) is 0 Å². The molecule has 0 aliphatic rings. The maximum absolute atomic E-state index is 12.2. The average molecular weight is 706 g/mol. The average Bonchev–Trinajstić information content (AvgIpc) is 3.12. The number of unbranched alkanes of at least 4 members (excludes halogenated alkanes) is 24. The minimum atomic E-state index is -0.176. The highest BCUT2D eigenvalue weighted by Gasteiger charge is 2.13. The van der Waals surface area contributed by atoms with Crippen molar-refractivity contribution in [3.63, 3.8) is 0 Å². The zero-order chi connectivity index (χ0) is 36.3. The third-order valence-electron chi connectivity index (χ3n) is 9.53. The predicted octanol–water partition coefficient (Wildman–Crippen LogP) is 13.4. The summed E-state index contributed by atoms with van der Waals surface area (Å²) < 4.78 is 17.7. The lowest BCUT2D eigenvalue weighted by atomic mass is 10.1. The second-order valence-corrected chi connectivity index (χ2v) is 14.6. The van der Waals surface area contributed by atoms with Crippen LogP contribution in [0.2, 0.25) is 0 Å². The van der Waals surface area contributed by atoms with Crippen molar-refractivity contribution < 1.29 is 19.0 Å². The zero-order valence-electron chi connectivity index (χ0n) is 34.0. The van der Waals surface area contributed by atoms with Gasteiger partial charge in [0.25, 0.3) is 0 Å². The van der Waals surface area contributed by atoms with Crippen LogP contribution in [0.3, 0.4) is 0 Å². The molecule has 5 heteroatoms. The molecule has 0 aliphatic heterocycles. The Hall–Kier alpha value is -1.17. The van der Waals surface area contributed by atoms with Crippen molar-refractivity contribution in [1.29, 1.82) is 0 Å². The third kappa shape index (κ3) is 41.3. The predicted molar refractivity (Wildman–Crippen MR) is 218 cm³/mol. The quantitative estimate of drug-likeness (QED) is 0.0389. The van der Waals surface area contributed by atoms with Gasteiger partial charge in [-0.2, -0.15) is 0 Å². The summed E-state index contributed by atoms with van der Waals surface area (Å²) in [4.78, 5) is 12.2. The molecule has 0 aromatic rings. The number of ether oxygens (including phenoxy) is 3. The maximum Gasteiger partial charge on any atom is 0.305 e. The van der Waals surface area contributed by atoms with Gasteiger partial charge in [-0.1, -0.05) is 161 Å². The highest BCUT2D eigenvalue weighted by Crippen LogP contribution is 2.12. The lowest BCUT2D eigenvalue weighted by Crippen LogP contribution is -2.28. The van der Waals surface area contributed by atoms with Gasteiger partial charge in [0.1, 0.15) is 12.7 Å². The second-order valence-electron chi connectivity index (χ2n) is 14.6. The van der Waals surface area contributed by atoms with E-state index in [1.807, 2.05) is 0 Å². The molecule has 0 radical (unpaired) electrons. The van der Waals surface area contributed by atoms with Crippen molar-refractivity contribution in [2.75, 3.05) is 39.5 Å². The van der Waals surface area contributed by atoms with E-state index < -0.39 is 0 Å². The van der Waals surface area contributed by atoms with E-state index in [2.05, 4.69) is 50.4 Å². The maximum atomic E-state index is 12.2. The van der Waals surface area contributed by atoms with Crippen molar-refractivity contribution in [2.45, 2.75) is 219 Å². The van der Waals surface area contributed by atoms with E-state index in [1.165, 1.54) is 167 Å². The number of allylic oxidation sites excluding steroid dienone is 4. The zero-order valence-corrected chi connectivity index (χ0v) is 34.0. The summed E-state index contributed by atoms with van der Waals surface area (Å²) in [5, 5.41) is 3.26. The van der Waals surface area contributed by atoms with Gasteiger partial charge in [-0.3, -0.25) is 4.79 Å². The molecule has 0 spiro atoms. The standard InChI is InChI=1S/C45H87NO4/c1-4-7-9-11-13-15-17-19-21-23-25-27-29-31-33-35-40-48-42-44(43-50-45(47)38-37-39-46-6-3)49-41-36-34-32-30-28-26-24-22-20-18-16-14-12-10-8-5-2/h19-22,44,46H,4-18,23-43H2,1-3H3. The molecule has 0 amide bonds. The summed E-state index contributed by atoms with van der Waals surface area (Å²) in [6.45, 7) is 10.7. The summed E-state index contributed by atoms with van der Waals surface area (Å²) in [7, 11) is 0. The summed E-state index contributed by atoms with van der Waals surface area (Å²) in [5.41, 5.74) is 0. The van der Waals surface area contributed by atoms with Gasteiger partial charge < -0.3 is 19.5 Å². The Morgan fingerprint density at radius 3 is 1.38 bits per heavy atom. The molecule has 0 bridgehead atoms. The largest absolute Gasteiger partial charge is 0.463 e. The molecule has 1 unspecified atom stereocenters. The van der Waals surface area contributed by atoms with Crippen LogP contribution in [0, 0.1) is 0 Å². The molecular weight excluding hydrogens is 618 g/mol. The summed E-state index contributed by atoms with van der Waals surface area (Å²) in [6, 6.07) is 0. The summed E-state index contributed by atoms with van der Waals surface area (Å²) in [6.07, 6.45) is 47.2. The van der Waals surface area contributed by atoms with Gasteiger partial charge in [-0.15, -0.1) is 0 Å². The fourth-order valence-electron chi connectivity index (χ4n) is 6.20. The topological polar surface area (TPSA) is 56.8 Å². The molecule has 50 heavy (non-hydrogen) atoms. The van der Waals surface area contributed by atoms with Gasteiger partial charge in [-0.25, -0.2) is 0 Å². The minimum absolute atomic E-state index is 0.137. The number of nitrogens with one attached hydrogen (secondary N) is 1. The van der Waals surface area contributed by atoms with Crippen LogP contribution in [0.1, 0.15) is 213 Å². The first-order valence-electron chi connectivity index (χ1n) is 22.1. The van der Waals surface area contributed by atoms with Crippen LogP contribution < -0.4 is 5.32 Å². The van der Waals surface area contributed by atoms with Crippen molar-refractivity contribution >= 4 is 5.97 Å². The Bertz CT molecular complexity index is 709. The molecule has 0 fully saturated rings. The fourth-order valence-corrected chi connectivity index (χ4v) is 6.20. The van der Waals surface area contributed by atoms with Crippen LogP contribution >= 0.6 is 0 Å². The molecule has 0 aromatic heterocycles. The van der Waals surface area contributed by atoms with Crippen molar-refractivity contribution in [3.8, 4) is 0 Å². The number of hydrogen-bond acceptors (Lipinski definition) is 5. The number of hydrogen-bond donors (Lipinski definition) is 1. The molecule has 5 nitrogen and oxygen atoms in total. The van der Waals surface area contributed by atoms with E-state index in [-0.39, 0.29) is 12.1 Å². The van der Waals surface area contributed by atoms with Crippen LogP contribution in [-0.2, 0) is 19.0 Å². The molecule has 0 saturated carbocycles. The van der Waals surface area contributed by atoms with Crippen LogP contribution in [0.25, 0.3) is 0 Å². The van der Waals surface area contributed by atoms with Gasteiger partial charge in [-0.05, 0) is 83.7 Å². The lowest BCUT2D eigenvalue weighted by Gasteiger charge is -2.18. The SMILES string of the molecule is CCCCCCCCC=CCCCCCCCCOCC(COC(=O)CCCNCC)OCCCCCCCCC=CCCCCCCCC. The molecule has 1 N–H and O–H groups in total. The highest BCUT2D eigenvalue weighted by molar-refractivity contribution is 5.69. The molecule has 1 atom stereocenters. The molecule has 0 aromatic carbocycles. The number of rotatable bonds is 42. The smallest absolute Gasteiger partial charge is 0.305 e. The van der Waals surface area contributed by atoms with Gasteiger partial charge in [0.05, 0.1) is 6.61 Å². The van der Waals surface area contributed by atoms with Gasteiger partial charge in [0.15, 0.2) is 0 Å². The Balaban J connectivity index is 3.93. The fraction of sp³-hybridized carbons (Fsp3) is 0.889. The van der Waals surface area contributed by atoms with E-state index in [0.717, 1.165) is 39.0 Å². The van der Waals surface area contributed by atoms with Gasteiger partial charge in [0, 0.05) is 19.6 Å². The molecule has 0 aliphatic carbocycles. The van der Waals surface area contributed by atoms with Crippen molar-refractivity contribution in [1.82, 2.24) is 5.32 Å². The Labute approximate surface area is 312 Å². The van der Waals surface area contributed by atoms with E-state index in [0.29, 0.717) is 26.2 Å². The monoisotopic (exact) mass is 706 g/mol. The Kier molecular flexibility index (Phi) is 43.0. The lowest BCUT2D eigenvalue weighted by molar-refractivity contribution is -0.150. The second kappa shape index (κ2) is 44.0. The summed E-state index contributed by atoms with van der Waals surface area (Å²) >= 11 is 0. The van der Waals surface area contributed by atoms with Crippen LogP contribution in [0.4, 0.5) is 0 Å². The molecule has 0 saturated heterocycles. The first-order chi connectivity index (χ1) is 24.7. The first kappa shape index (κ1) is 48.8. The first-order valence-corrected chi connectivity index (χ1v) is 22.1. The number of esters is 1. The minimum Gasteiger partial charge on any atom is -0.463 e. The van der Waals surface area contributed by atoms with E-state index in [1.54, 1.807) is 0 Å². The van der Waals surface area contributed by atoms with E-state index >= 15 is 0 Å². The Morgan fingerprint density at radius 2 is 0.920 bits per heavy atom. The van der Waals surface area contributed by atoms with Gasteiger partial charge >= 0.3 is 5.97 Å². The number of carbonyl (C=O) groups excluding carboxylic acids is 1. The Morgan fingerprint density at radius 1 is 0.500 bits per heavy atom. The highest BCUT2D eigenvalue weighted by atomic mass is 16.6. The van der Waals surface area contributed by atoms with Crippen LogP contribution in [0.5, 0.6) is 0 Å². The molecule has 296 valence electrons. The molecule has 0 rings (SSSR count). The van der Waals surface area contributed by atoms with Crippen LogP contribution in [-0.4, -0.2) is 51.6 Å². The van der Waals surface area contributed by atoms with E-state index in [9.17, 15) is 4.79 Å². The normalized spacial score (nSPS) is 12.5. The molecular formula is C45H87NO4. The summed E-state index contributed by atoms with van der Waals surface area (Å²) in [5.74, 6) is -0.137. The number of carbonyl (C=O) groups is 1. The van der Waals surface area contributed by atoms with Crippen LogP contribution in [0.15, 0.2) is 24.3 Å².